The molecule has 0 heterocycles. The van der Waals surface area contributed by atoms with Crippen LogP contribution < -0.4 is 0 Å². The number of halogens is 1. The molecular formula is C7H8ClNO. The van der Waals surface area contributed by atoms with Crippen LogP contribution in [-0.4, -0.2) is 9.79 Å². The van der Waals surface area contributed by atoms with E-state index in [0.29, 0.717) is 11.1 Å². The van der Waals surface area contributed by atoms with Crippen molar-refractivity contribution in [2.24, 2.45) is 0 Å². The topological polar surface area (TPSA) is 23.5 Å². The van der Waals surface area contributed by atoms with Crippen LogP contribution in [0, 0.1) is 0 Å². The first-order chi connectivity index (χ1) is 4.79. The van der Waals surface area contributed by atoms with Gasteiger partial charge in [-0.05, 0) is 5.56 Å². The normalized spacial score (nSPS) is 10.3. The Morgan fingerprint density at radius 2 is 1.90 bits per heavy atom. The van der Waals surface area contributed by atoms with Gasteiger partial charge in [0.2, 0.25) is 0 Å². The van der Waals surface area contributed by atoms with Crippen LogP contribution in [-0.2, 0) is 6.54 Å². The number of rotatable bonds is 2. The minimum Gasteiger partial charge on any atom is -0.298 e. The number of benzene rings is 1. The van der Waals surface area contributed by atoms with Gasteiger partial charge in [0.1, 0.15) is 0 Å². The Hall–Kier alpha value is -0.570. The van der Waals surface area contributed by atoms with E-state index in [4.69, 9.17) is 17.0 Å². The molecule has 1 aromatic carbocycles. The van der Waals surface area contributed by atoms with Gasteiger partial charge in [0.25, 0.3) is 0 Å². The molecule has 0 aliphatic carbocycles. The molecule has 3 heteroatoms. The largest absolute Gasteiger partial charge is 0.298 e. The highest BCUT2D eigenvalue weighted by Gasteiger charge is 1.94. The summed E-state index contributed by atoms with van der Waals surface area (Å²) in [4.78, 5) is 0. The summed E-state index contributed by atoms with van der Waals surface area (Å²) in [6, 6.07) is 9.50. The Kier molecular flexibility index (Phi) is 2.68. The van der Waals surface area contributed by atoms with Gasteiger partial charge in [-0.25, -0.2) is 0 Å². The zero-order chi connectivity index (χ0) is 7.40. The van der Waals surface area contributed by atoms with E-state index in [1.807, 2.05) is 30.3 Å². The van der Waals surface area contributed by atoms with Crippen molar-refractivity contribution in [2.75, 3.05) is 0 Å². The summed E-state index contributed by atoms with van der Waals surface area (Å²) < 4.78 is 0.634. The van der Waals surface area contributed by atoms with Crippen molar-refractivity contribution >= 4 is 11.8 Å². The number of nitrogens with zero attached hydrogens (tertiary/aromatic N) is 1. The zero-order valence-electron chi connectivity index (χ0n) is 5.37. The van der Waals surface area contributed by atoms with Crippen LogP contribution >= 0.6 is 11.8 Å². The second-order valence-electron chi connectivity index (χ2n) is 1.98. The number of hydrogen-bond donors (Lipinski definition) is 1. The average Bonchev–Trinajstić information content (AvgIpc) is 1.88. The molecule has 1 aromatic rings. The zero-order valence-corrected chi connectivity index (χ0v) is 6.12. The predicted molar refractivity (Wildman–Crippen MR) is 39.6 cm³/mol. The fourth-order valence-corrected chi connectivity index (χ4v) is 0.872. The van der Waals surface area contributed by atoms with Crippen LogP contribution in [0.4, 0.5) is 0 Å². The van der Waals surface area contributed by atoms with Gasteiger partial charge in [-0.2, -0.15) is 0 Å². The van der Waals surface area contributed by atoms with Gasteiger partial charge in [0, 0.05) is 11.8 Å². The number of hydrogen-bond acceptors (Lipinski definition) is 2. The molecule has 0 fully saturated rings. The highest BCUT2D eigenvalue weighted by Crippen LogP contribution is 2.02. The Balaban J connectivity index is 2.59. The molecule has 0 unspecified atom stereocenters. The van der Waals surface area contributed by atoms with E-state index in [0.717, 1.165) is 5.56 Å². The van der Waals surface area contributed by atoms with Gasteiger partial charge in [-0.1, -0.05) is 34.9 Å². The molecule has 0 atom stereocenters. The molecule has 1 N–H and O–H groups in total. The summed E-state index contributed by atoms with van der Waals surface area (Å²) in [5, 5.41) is 8.60. The average molecular weight is 158 g/mol. The van der Waals surface area contributed by atoms with Gasteiger partial charge >= 0.3 is 0 Å². The predicted octanol–water partition coefficient (Wildman–Crippen LogP) is 2.03. The Labute approximate surface area is 64.7 Å². The van der Waals surface area contributed by atoms with Gasteiger partial charge in [0.05, 0.1) is 6.54 Å². The molecule has 2 nitrogen and oxygen atoms in total. The molecule has 0 spiro atoms. The van der Waals surface area contributed by atoms with E-state index < -0.39 is 0 Å². The molecule has 0 aliphatic rings. The lowest BCUT2D eigenvalue weighted by molar-refractivity contribution is -0.00229. The second-order valence-corrected chi connectivity index (χ2v) is 2.37. The summed E-state index contributed by atoms with van der Waals surface area (Å²) >= 11 is 5.20. The van der Waals surface area contributed by atoms with Gasteiger partial charge in [0.15, 0.2) is 0 Å². The molecule has 0 radical (unpaired) electrons. The molecule has 54 valence electrons. The Bertz CT molecular complexity index is 188. The lowest BCUT2D eigenvalue weighted by Gasteiger charge is -2.03. The summed E-state index contributed by atoms with van der Waals surface area (Å²) in [7, 11) is 0. The van der Waals surface area contributed by atoms with Gasteiger partial charge < -0.3 is 0 Å². The first-order valence-corrected chi connectivity index (χ1v) is 3.29. The third-order valence-electron chi connectivity index (χ3n) is 1.16. The van der Waals surface area contributed by atoms with Crippen LogP contribution in [0.15, 0.2) is 30.3 Å². The van der Waals surface area contributed by atoms with Gasteiger partial charge in [-0.15, -0.1) is 0 Å². The third kappa shape index (κ3) is 2.35. The lowest BCUT2D eigenvalue weighted by atomic mass is 10.2. The maximum atomic E-state index is 8.60. The maximum Gasteiger partial charge on any atom is 0.0657 e. The number of hydroxylamine groups is 1. The maximum absolute atomic E-state index is 8.60. The van der Waals surface area contributed by atoms with Crippen LogP contribution in [0.2, 0.25) is 0 Å². The van der Waals surface area contributed by atoms with Gasteiger partial charge in [-0.3, -0.25) is 5.21 Å². The molecule has 1 rings (SSSR count). The van der Waals surface area contributed by atoms with Crippen LogP contribution in [0.25, 0.3) is 0 Å². The summed E-state index contributed by atoms with van der Waals surface area (Å²) in [5.74, 6) is 0. The minimum absolute atomic E-state index is 0.350. The molecular weight excluding hydrogens is 150 g/mol. The van der Waals surface area contributed by atoms with Crippen molar-refractivity contribution in [3.63, 3.8) is 0 Å². The van der Waals surface area contributed by atoms with E-state index in [1.165, 1.54) is 0 Å². The van der Waals surface area contributed by atoms with Crippen molar-refractivity contribution in [1.82, 2.24) is 4.58 Å². The third-order valence-corrected chi connectivity index (χ3v) is 1.28. The van der Waals surface area contributed by atoms with Crippen molar-refractivity contribution in [1.29, 1.82) is 0 Å². The van der Waals surface area contributed by atoms with E-state index >= 15 is 0 Å². The smallest absolute Gasteiger partial charge is 0.0657 e. The molecule has 0 aliphatic heterocycles. The van der Waals surface area contributed by atoms with E-state index in [2.05, 4.69) is 0 Å². The van der Waals surface area contributed by atoms with Crippen molar-refractivity contribution < 1.29 is 5.21 Å². The fourth-order valence-electron chi connectivity index (χ4n) is 0.734. The minimum atomic E-state index is 0.350. The van der Waals surface area contributed by atoms with Crippen molar-refractivity contribution in [2.45, 2.75) is 6.54 Å². The molecule has 10 heavy (non-hydrogen) atoms. The SMILES string of the molecule is ON(Cl)Cc1ccccc1. The van der Waals surface area contributed by atoms with Crippen molar-refractivity contribution in [3.05, 3.63) is 35.9 Å². The molecule has 0 saturated heterocycles. The van der Waals surface area contributed by atoms with Crippen LogP contribution in [0.3, 0.4) is 0 Å². The molecule has 0 amide bonds. The summed E-state index contributed by atoms with van der Waals surface area (Å²) in [5.41, 5.74) is 0.986. The Morgan fingerprint density at radius 1 is 1.30 bits per heavy atom. The first kappa shape index (κ1) is 7.54. The summed E-state index contributed by atoms with van der Waals surface area (Å²) in [6.45, 7) is 0.350. The summed E-state index contributed by atoms with van der Waals surface area (Å²) in [6.07, 6.45) is 0. The molecule has 0 bridgehead atoms. The fraction of sp³-hybridized carbons (Fsp3) is 0.143. The van der Waals surface area contributed by atoms with E-state index in [1.54, 1.807) is 0 Å². The molecule has 0 saturated carbocycles. The highest BCUT2D eigenvalue weighted by molar-refractivity contribution is 6.12. The Morgan fingerprint density at radius 3 is 2.40 bits per heavy atom. The second kappa shape index (κ2) is 3.56. The first-order valence-electron chi connectivity index (χ1n) is 2.95. The van der Waals surface area contributed by atoms with E-state index in [-0.39, 0.29) is 0 Å². The van der Waals surface area contributed by atoms with Crippen LogP contribution in [0.5, 0.6) is 0 Å². The quantitative estimate of drug-likeness (QED) is 0.525. The molecule has 0 aromatic heterocycles. The highest BCUT2D eigenvalue weighted by atomic mass is 35.5. The van der Waals surface area contributed by atoms with E-state index in [9.17, 15) is 0 Å². The monoisotopic (exact) mass is 157 g/mol. The standard InChI is InChI=1S/C7H8ClNO/c8-9(10)6-7-4-2-1-3-5-7/h1-5,10H,6H2. The van der Waals surface area contributed by atoms with Crippen LogP contribution in [0.1, 0.15) is 5.56 Å². The van der Waals surface area contributed by atoms with Crippen molar-refractivity contribution in [3.8, 4) is 0 Å². The lowest BCUT2D eigenvalue weighted by Crippen LogP contribution is -2.04.